The van der Waals surface area contributed by atoms with E-state index < -0.39 is 10.2 Å². The van der Waals surface area contributed by atoms with Crippen LogP contribution in [0, 0.1) is 6.92 Å². The van der Waals surface area contributed by atoms with Gasteiger partial charge in [0.05, 0.1) is 6.20 Å². The molecule has 108 valence electrons. The highest BCUT2D eigenvalue weighted by Gasteiger charge is 2.27. The number of hydrogen-bond donors (Lipinski definition) is 2. The number of nitrogens with one attached hydrogen (secondary N) is 2. The van der Waals surface area contributed by atoms with E-state index in [1.807, 2.05) is 6.92 Å². The molecule has 0 bridgehead atoms. The van der Waals surface area contributed by atoms with Crippen LogP contribution in [-0.2, 0) is 16.8 Å². The minimum Gasteiger partial charge on any atom is -0.283 e. The fourth-order valence-electron chi connectivity index (χ4n) is 2.47. The van der Waals surface area contributed by atoms with Crippen LogP contribution in [0.15, 0.2) is 6.20 Å². The Kier molecular flexibility index (Phi) is 4.59. The van der Waals surface area contributed by atoms with E-state index in [-0.39, 0.29) is 12.6 Å². The van der Waals surface area contributed by atoms with Gasteiger partial charge in [0.1, 0.15) is 0 Å². The molecule has 1 heterocycles. The van der Waals surface area contributed by atoms with Crippen molar-refractivity contribution in [2.24, 2.45) is 0 Å². The molecule has 7 heteroatoms. The Bertz CT molecular complexity index is 506. The zero-order chi connectivity index (χ0) is 13.9. The molecule has 1 aliphatic rings. The van der Waals surface area contributed by atoms with Crippen molar-refractivity contribution in [3.05, 3.63) is 17.5 Å². The second-order valence-corrected chi connectivity index (χ2v) is 6.97. The topological polar surface area (TPSA) is 78.1 Å². The standard InChI is InChI=1S/C12H22N4O2S/c1-10-11(8-13-15-10)9-14-19(17,18)16(2)12-6-4-3-5-7-12/h8,12,14H,3-7,9H2,1-2H3,(H,13,15). The van der Waals surface area contributed by atoms with Gasteiger partial charge in [0.25, 0.3) is 10.2 Å². The smallest absolute Gasteiger partial charge is 0.279 e. The number of rotatable bonds is 5. The molecule has 2 N–H and O–H groups in total. The fraction of sp³-hybridized carbons (Fsp3) is 0.750. The molecular weight excluding hydrogens is 264 g/mol. The maximum atomic E-state index is 12.2. The number of hydrogen-bond acceptors (Lipinski definition) is 3. The Balaban J connectivity index is 1.95. The van der Waals surface area contributed by atoms with Crippen LogP contribution >= 0.6 is 0 Å². The van der Waals surface area contributed by atoms with Crippen LogP contribution in [-0.4, -0.2) is 36.0 Å². The molecule has 2 rings (SSSR count). The first-order chi connectivity index (χ1) is 9.00. The van der Waals surface area contributed by atoms with E-state index in [1.54, 1.807) is 13.2 Å². The van der Waals surface area contributed by atoms with Crippen molar-refractivity contribution >= 4 is 10.2 Å². The quantitative estimate of drug-likeness (QED) is 0.857. The summed E-state index contributed by atoms with van der Waals surface area (Å²) in [7, 11) is -1.74. The highest BCUT2D eigenvalue weighted by molar-refractivity contribution is 7.87. The van der Waals surface area contributed by atoms with Crippen LogP contribution in [0.1, 0.15) is 43.4 Å². The lowest BCUT2D eigenvalue weighted by molar-refractivity contribution is 0.283. The molecule has 0 amide bonds. The van der Waals surface area contributed by atoms with Gasteiger partial charge in [0.2, 0.25) is 0 Å². The average Bonchev–Trinajstić information content (AvgIpc) is 2.82. The minimum atomic E-state index is -3.41. The summed E-state index contributed by atoms with van der Waals surface area (Å²) in [4.78, 5) is 0. The monoisotopic (exact) mass is 286 g/mol. The second kappa shape index (κ2) is 6.02. The Morgan fingerprint density at radius 3 is 2.68 bits per heavy atom. The van der Waals surface area contributed by atoms with Crippen LogP contribution in [0.3, 0.4) is 0 Å². The van der Waals surface area contributed by atoms with Crippen molar-refractivity contribution in [3.8, 4) is 0 Å². The molecule has 1 aromatic rings. The first-order valence-corrected chi connectivity index (χ1v) is 8.16. The zero-order valence-corrected chi connectivity index (χ0v) is 12.3. The Labute approximate surface area is 114 Å². The van der Waals surface area contributed by atoms with Crippen molar-refractivity contribution in [1.29, 1.82) is 0 Å². The third-order valence-electron chi connectivity index (χ3n) is 3.85. The number of nitrogens with zero attached hydrogens (tertiary/aromatic N) is 2. The van der Waals surface area contributed by atoms with Gasteiger partial charge < -0.3 is 0 Å². The third kappa shape index (κ3) is 3.55. The van der Waals surface area contributed by atoms with Crippen molar-refractivity contribution in [2.75, 3.05) is 7.05 Å². The van der Waals surface area contributed by atoms with E-state index >= 15 is 0 Å². The maximum Gasteiger partial charge on any atom is 0.279 e. The highest BCUT2D eigenvalue weighted by Crippen LogP contribution is 2.23. The van der Waals surface area contributed by atoms with Gasteiger partial charge in [0, 0.05) is 30.9 Å². The Hall–Kier alpha value is -0.920. The van der Waals surface area contributed by atoms with Crippen LogP contribution < -0.4 is 4.72 Å². The Morgan fingerprint density at radius 1 is 1.42 bits per heavy atom. The summed E-state index contributed by atoms with van der Waals surface area (Å²) in [6.07, 6.45) is 7.02. The first kappa shape index (κ1) is 14.5. The summed E-state index contributed by atoms with van der Waals surface area (Å²) < 4.78 is 28.6. The minimum absolute atomic E-state index is 0.136. The number of H-pyrrole nitrogens is 1. The van der Waals surface area contributed by atoms with Gasteiger partial charge in [-0.05, 0) is 19.8 Å². The normalized spacial score (nSPS) is 18.1. The van der Waals surface area contributed by atoms with E-state index in [1.165, 1.54) is 10.7 Å². The average molecular weight is 286 g/mol. The Morgan fingerprint density at radius 2 is 2.11 bits per heavy atom. The van der Waals surface area contributed by atoms with Crippen LogP contribution in [0.25, 0.3) is 0 Å². The molecular formula is C12H22N4O2S. The molecule has 6 nitrogen and oxygen atoms in total. The molecule has 1 aliphatic carbocycles. The summed E-state index contributed by atoms with van der Waals surface area (Å²) in [5.41, 5.74) is 1.77. The molecule has 0 aliphatic heterocycles. The van der Waals surface area contributed by atoms with Gasteiger partial charge in [-0.2, -0.15) is 22.5 Å². The third-order valence-corrected chi connectivity index (χ3v) is 5.41. The molecule has 0 radical (unpaired) electrons. The molecule has 1 fully saturated rings. The lowest BCUT2D eigenvalue weighted by Gasteiger charge is -2.30. The van der Waals surface area contributed by atoms with Crippen molar-refractivity contribution in [1.82, 2.24) is 19.2 Å². The van der Waals surface area contributed by atoms with Gasteiger partial charge in [-0.15, -0.1) is 0 Å². The summed E-state index contributed by atoms with van der Waals surface area (Å²) >= 11 is 0. The molecule has 0 saturated heterocycles. The van der Waals surface area contributed by atoms with Gasteiger partial charge in [-0.1, -0.05) is 19.3 Å². The molecule has 0 unspecified atom stereocenters. The summed E-state index contributed by atoms with van der Waals surface area (Å²) in [5.74, 6) is 0. The SMILES string of the molecule is Cc1[nH]ncc1CNS(=O)(=O)N(C)C1CCCCC1. The van der Waals surface area contributed by atoms with E-state index in [2.05, 4.69) is 14.9 Å². The molecule has 19 heavy (non-hydrogen) atoms. The van der Waals surface area contributed by atoms with Crippen LogP contribution in [0.2, 0.25) is 0 Å². The predicted molar refractivity (Wildman–Crippen MR) is 73.7 cm³/mol. The van der Waals surface area contributed by atoms with E-state index in [9.17, 15) is 8.42 Å². The van der Waals surface area contributed by atoms with Gasteiger partial charge in [-0.25, -0.2) is 0 Å². The van der Waals surface area contributed by atoms with Crippen molar-refractivity contribution in [3.63, 3.8) is 0 Å². The number of aromatic amines is 1. The van der Waals surface area contributed by atoms with Gasteiger partial charge in [-0.3, -0.25) is 5.10 Å². The van der Waals surface area contributed by atoms with E-state index in [0.717, 1.165) is 36.9 Å². The van der Waals surface area contributed by atoms with E-state index in [0.29, 0.717) is 0 Å². The van der Waals surface area contributed by atoms with Gasteiger partial charge >= 0.3 is 0 Å². The van der Waals surface area contributed by atoms with Crippen molar-refractivity contribution in [2.45, 2.75) is 51.6 Å². The molecule has 0 spiro atoms. The molecule has 1 aromatic heterocycles. The lowest BCUT2D eigenvalue weighted by atomic mass is 9.96. The second-order valence-electron chi connectivity index (χ2n) is 5.15. The zero-order valence-electron chi connectivity index (χ0n) is 11.5. The van der Waals surface area contributed by atoms with Crippen LogP contribution in [0.5, 0.6) is 0 Å². The summed E-state index contributed by atoms with van der Waals surface area (Å²) in [6, 6.07) is 0.136. The fourth-order valence-corrected chi connectivity index (χ4v) is 3.61. The molecule has 0 atom stereocenters. The highest BCUT2D eigenvalue weighted by atomic mass is 32.2. The number of aromatic nitrogens is 2. The number of aryl methyl sites for hydroxylation is 1. The summed E-state index contributed by atoms with van der Waals surface area (Å²) in [6.45, 7) is 2.16. The van der Waals surface area contributed by atoms with Crippen molar-refractivity contribution < 1.29 is 8.42 Å². The largest absolute Gasteiger partial charge is 0.283 e. The molecule has 0 aromatic carbocycles. The van der Waals surface area contributed by atoms with Gasteiger partial charge in [0.15, 0.2) is 0 Å². The summed E-state index contributed by atoms with van der Waals surface area (Å²) in [5, 5.41) is 6.68. The predicted octanol–water partition coefficient (Wildman–Crippen LogP) is 1.32. The first-order valence-electron chi connectivity index (χ1n) is 6.72. The van der Waals surface area contributed by atoms with E-state index in [4.69, 9.17) is 0 Å². The molecule has 1 saturated carbocycles. The lowest BCUT2D eigenvalue weighted by Crippen LogP contribution is -2.44. The van der Waals surface area contributed by atoms with Crippen LogP contribution in [0.4, 0.5) is 0 Å². The maximum absolute atomic E-state index is 12.2.